The van der Waals surface area contributed by atoms with Crippen LogP contribution >= 0.6 is 0 Å². The summed E-state index contributed by atoms with van der Waals surface area (Å²) in [7, 11) is -1.73. The summed E-state index contributed by atoms with van der Waals surface area (Å²) in [5.74, 6) is -0.282. The van der Waals surface area contributed by atoms with Gasteiger partial charge in [-0.25, -0.2) is 9.00 Å². The summed E-state index contributed by atoms with van der Waals surface area (Å²) in [6.45, 7) is 5.22. The van der Waals surface area contributed by atoms with Crippen molar-refractivity contribution >= 4 is 27.5 Å². The lowest BCUT2D eigenvalue weighted by atomic mass is 10.2. The lowest BCUT2D eigenvalue weighted by Crippen LogP contribution is -2.22. The molecule has 10 nitrogen and oxygen atoms in total. The van der Waals surface area contributed by atoms with Gasteiger partial charge in [-0.15, -0.1) is 4.36 Å². The highest BCUT2D eigenvalue weighted by atomic mass is 32.2. The van der Waals surface area contributed by atoms with Gasteiger partial charge < -0.3 is 14.2 Å². The first kappa shape index (κ1) is 25.3. The number of hydrogen-bond acceptors (Lipinski definition) is 8. The third kappa shape index (κ3) is 10.2. The van der Waals surface area contributed by atoms with Crippen molar-refractivity contribution in [2.45, 2.75) is 51.4 Å². The van der Waals surface area contributed by atoms with Crippen molar-refractivity contribution in [1.82, 2.24) is 0 Å². The molecule has 0 saturated heterocycles. The second-order valence-electron chi connectivity index (χ2n) is 7.65. The Labute approximate surface area is 176 Å². The van der Waals surface area contributed by atoms with Gasteiger partial charge in [-0.3, -0.25) is 14.9 Å². The Kier molecular flexibility index (Phi) is 9.22. The SMILES string of the molecule is COC(=O)CCCCOc1cc(CS(C)(=O)=NC(=O)OC(C)(C)C)cc([N+](=O)[O-])c1. The van der Waals surface area contributed by atoms with E-state index in [-0.39, 0.29) is 36.2 Å². The van der Waals surface area contributed by atoms with E-state index in [0.717, 1.165) is 0 Å². The lowest BCUT2D eigenvalue weighted by Gasteiger charge is -2.17. The number of nitrogens with zero attached hydrogens (tertiary/aromatic N) is 2. The molecular weight excluding hydrogens is 416 g/mol. The maximum atomic E-state index is 12.7. The summed E-state index contributed by atoms with van der Waals surface area (Å²) < 4.78 is 31.5. The fourth-order valence-electron chi connectivity index (χ4n) is 2.36. The molecule has 1 amide bonds. The van der Waals surface area contributed by atoms with Crippen LogP contribution in [0, 0.1) is 10.1 Å². The van der Waals surface area contributed by atoms with Crippen molar-refractivity contribution in [1.29, 1.82) is 0 Å². The van der Waals surface area contributed by atoms with E-state index in [9.17, 15) is 23.9 Å². The highest BCUT2D eigenvalue weighted by Crippen LogP contribution is 2.25. The van der Waals surface area contributed by atoms with Crippen molar-refractivity contribution in [3.05, 3.63) is 33.9 Å². The fraction of sp³-hybridized carbons (Fsp3) is 0.579. The molecule has 1 atom stereocenters. The maximum absolute atomic E-state index is 12.7. The Balaban J connectivity index is 2.91. The van der Waals surface area contributed by atoms with Crippen LogP contribution in [0.15, 0.2) is 22.6 Å². The molecule has 0 aliphatic carbocycles. The van der Waals surface area contributed by atoms with Crippen LogP contribution in [0.1, 0.15) is 45.6 Å². The third-order valence-corrected chi connectivity index (χ3v) is 4.93. The molecule has 0 bridgehead atoms. The number of benzene rings is 1. The van der Waals surface area contributed by atoms with Crippen LogP contribution in [-0.4, -0.2) is 46.8 Å². The average Bonchev–Trinajstić information content (AvgIpc) is 2.58. The largest absolute Gasteiger partial charge is 0.493 e. The molecule has 11 heteroatoms. The number of rotatable bonds is 9. The first-order valence-electron chi connectivity index (χ1n) is 9.22. The van der Waals surface area contributed by atoms with E-state index < -0.39 is 26.3 Å². The van der Waals surface area contributed by atoms with Crippen LogP contribution < -0.4 is 4.74 Å². The monoisotopic (exact) mass is 444 g/mol. The molecule has 168 valence electrons. The molecule has 0 radical (unpaired) electrons. The Bertz CT molecular complexity index is 898. The molecule has 1 aromatic rings. The Hall–Kier alpha value is -2.69. The van der Waals surface area contributed by atoms with E-state index >= 15 is 0 Å². The normalized spacial score (nSPS) is 13.1. The van der Waals surface area contributed by atoms with Gasteiger partial charge in [0.05, 0.1) is 40.2 Å². The molecular formula is C19H28N2O8S. The molecule has 0 aromatic heterocycles. The summed E-state index contributed by atoms with van der Waals surface area (Å²) in [5, 5.41) is 11.2. The van der Waals surface area contributed by atoms with Gasteiger partial charge in [-0.05, 0) is 45.2 Å². The van der Waals surface area contributed by atoms with Gasteiger partial charge in [0.25, 0.3) is 5.69 Å². The molecule has 0 N–H and O–H groups in total. The van der Waals surface area contributed by atoms with Gasteiger partial charge >= 0.3 is 12.1 Å². The molecule has 30 heavy (non-hydrogen) atoms. The predicted octanol–water partition coefficient (Wildman–Crippen LogP) is 3.85. The van der Waals surface area contributed by atoms with E-state index in [1.165, 1.54) is 31.6 Å². The minimum Gasteiger partial charge on any atom is -0.493 e. The molecule has 0 saturated carbocycles. The molecule has 1 unspecified atom stereocenters. The van der Waals surface area contributed by atoms with Crippen LogP contribution in [0.4, 0.5) is 10.5 Å². The summed E-state index contributed by atoms with van der Waals surface area (Å²) >= 11 is 0. The summed E-state index contributed by atoms with van der Waals surface area (Å²) in [6, 6.07) is 4.03. The first-order valence-corrected chi connectivity index (χ1v) is 11.3. The second kappa shape index (κ2) is 10.9. The molecule has 0 fully saturated rings. The van der Waals surface area contributed by atoms with Crippen LogP contribution in [0.5, 0.6) is 5.75 Å². The summed E-state index contributed by atoms with van der Waals surface area (Å²) in [6.07, 6.45) is 1.67. The van der Waals surface area contributed by atoms with Crippen LogP contribution in [-0.2, 0) is 29.8 Å². The number of carbonyl (C=O) groups excluding carboxylic acids is 2. The van der Waals surface area contributed by atoms with Gasteiger partial charge in [0.1, 0.15) is 11.4 Å². The van der Waals surface area contributed by atoms with Crippen molar-refractivity contribution in [2.75, 3.05) is 20.0 Å². The highest BCUT2D eigenvalue weighted by Gasteiger charge is 2.19. The summed E-state index contributed by atoms with van der Waals surface area (Å²) in [4.78, 5) is 33.6. The minimum absolute atomic E-state index is 0.188. The smallest absolute Gasteiger partial charge is 0.442 e. The summed E-state index contributed by atoms with van der Waals surface area (Å²) in [5.41, 5.74) is -0.672. The van der Waals surface area contributed by atoms with E-state index in [1.54, 1.807) is 20.8 Å². The molecule has 0 aliphatic heterocycles. The predicted molar refractivity (Wildman–Crippen MR) is 111 cm³/mol. The van der Waals surface area contributed by atoms with Crippen molar-refractivity contribution in [3.8, 4) is 5.75 Å². The third-order valence-electron chi connectivity index (χ3n) is 3.53. The Morgan fingerprint density at radius 3 is 2.43 bits per heavy atom. The van der Waals surface area contributed by atoms with Crippen molar-refractivity contribution in [2.24, 2.45) is 4.36 Å². The fourth-order valence-corrected chi connectivity index (χ4v) is 3.56. The lowest BCUT2D eigenvalue weighted by molar-refractivity contribution is -0.385. The van der Waals surface area contributed by atoms with Crippen LogP contribution in [0.3, 0.4) is 0 Å². The zero-order valence-corrected chi connectivity index (χ0v) is 18.7. The van der Waals surface area contributed by atoms with Gasteiger partial charge in [-0.2, -0.15) is 0 Å². The van der Waals surface area contributed by atoms with E-state index in [0.29, 0.717) is 18.4 Å². The topological polar surface area (TPSA) is 134 Å². The molecule has 1 aromatic carbocycles. The Morgan fingerprint density at radius 1 is 1.20 bits per heavy atom. The highest BCUT2D eigenvalue weighted by molar-refractivity contribution is 7.92. The number of non-ortho nitro benzene ring substituents is 1. The van der Waals surface area contributed by atoms with E-state index in [2.05, 4.69) is 9.10 Å². The van der Waals surface area contributed by atoms with Gasteiger partial charge in [0.2, 0.25) is 0 Å². The van der Waals surface area contributed by atoms with Crippen molar-refractivity contribution < 1.29 is 32.9 Å². The number of nitro groups is 1. The van der Waals surface area contributed by atoms with E-state index in [1.807, 2.05) is 0 Å². The molecule has 0 spiro atoms. The zero-order valence-electron chi connectivity index (χ0n) is 17.8. The number of esters is 1. The first-order chi connectivity index (χ1) is 13.8. The number of amides is 1. The zero-order chi connectivity index (χ0) is 22.9. The molecule has 1 rings (SSSR count). The Morgan fingerprint density at radius 2 is 1.87 bits per heavy atom. The standard InChI is InChI=1S/C19H28N2O8S/c1-19(2,3)29-18(23)20-30(5,26)13-14-10-15(21(24)25)12-16(11-14)28-9-7-6-8-17(22)27-4/h10-12H,6-9,13H2,1-5H3. The number of hydrogen-bond donors (Lipinski definition) is 0. The molecule has 0 heterocycles. The van der Waals surface area contributed by atoms with Gasteiger partial charge in [0, 0.05) is 18.7 Å². The number of ether oxygens (including phenoxy) is 3. The van der Waals surface area contributed by atoms with Crippen LogP contribution in [0.2, 0.25) is 0 Å². The van der Waals surface area contributed by atoms with Gasteiger partial charge in [-0.1, -0.05) is 0 Å². The van der Waals surface area contributed by atoms with E-state index in [4.69, 9.17) is 9.47 Å². The van der Waals surface area contributed by atoms with Crippen LogP contribution in [0.25, 0.3) is 0 Å². The van der Waals surface area contributed by atoms with Crippen molar-refractivity contribution in [3.63, 3.8) is 0 Å². The quantitative estimate of drug-likeness (QED) is 0.243. The average molecular weight is 445 g/mol. The number of unbranched alkanes of at least 4 members (excludes halogenated alkanes) is 1. The number of carbonyl (C=O) groups is 2. The minimum atomic E-state index is -3.04. The van der Waals surface area contributed by atoms with Gasteiger partial charge in [0.15, 0.2) is 0 Å². The number of methoxy groups -OCH3 is 1. The second-order valence-corrected chi connectivity index (χ2v) is 10.0. The molecule has 0 aliphatic rings. The maximum Gasteiger partial charge on any atom is 0.442 e. The number of nitro benzene ring substituents is 1.